The summed E-state index contributed by atoms with van der Waals surface area (Å²) >= 11 is 0. The molecule has 228 valence electrons. The number of aliphatic hydroxyl groups is 1. The van der Waals surface area contributed by atoms with E-state index in [-0.39, 0.29) is 39.3 Å². The normalized spacial score (nSPS) is 16.7. The van der Waals surface area contributed by atoms with Crippen LogP contribution in [0.3, 0.4) is 0 Å². The first-order valence-electron chi connectivity index (χ1n) is 13.5. The first-order chi connectivity index (χ1) is 20.7. The molecule has 0 bridgehead atoms. The smallest absolute Gasteiger partial charge is 0.392 e. The lowest BCUT2D eigenvalue weighted by atomic mass is 9.86. The van der Waals surface area contributed by atoms with Crippen LogP contribution in [0.2, 0.25) is 0 Å². The molecule has 1 aliphatic heterocycles. The van der Waals surface area contributed by atoms with Crippen LogP contribution in [0.1, 0.15) is 56.1 Å². The Hall–Kier alpha value is -4.91. The highest BCUT2D eigenvalue weighted by atomic mass is 19.4. The molecule has 0 saturated carbocycles. The first-order valence-corrected chi connectivity index (χ1v) is 13.5. The molecule has 0 radical (unpaired) electrons. The monoisotopic (exact) mass is 608 g/mol. The lowest BCUT2D eigenvalue weighted by Crippen LogP contribution is -2.34. The fourth-order valence-electron chi connectivity index (χ4n) is 4.91. The maximum Gasteiger partial charge on any atom is 0.434 e. The van der Waals surface area contributed by atoms with Crippen molar-refractivity contribution in [3.05, 3.63) is 111 Å². The molecule has 5 rings (SSSR count). The fraction of sp³-hybridized carbons (Fsp3) is 0.258. The van der Waals surface area contributed by atoms with Crippen LogP contribution in [0.4, 0.5) is 23.4 Å². The van der Waals surface area contributed by atoms with Gasteiger partial charge in [-0.15, -0.1) is 0 Å². The van der Waals surface area contributed by atoms with E-state index >= 15 is 4.39 Å². The summed E-state index contributed by atoms with van der Waals surface area (Å²) in [5, 5.41) is 20.8. The van der Waals surface area contributed by atoms with Crippen molar-refractivity contribution in [1.82, 2.24) is 25.1 Å². The van der Waals surface area contributed by atoms with Crippen LogP contribution in [0, 0.1) is 5.82 Å². The Kier molecular flexibility index (Phi) is 7.85. The van der Waals surface area contributed by atoms with Crippen molar-refractivity contribution in [2.45, 2.75) is 51.9 Å². The van der Waals surface area contributed by atoms with Gasteiger partial charge >= 0.3 is 6.18 Å². The Morgan fingerprint density at radius 2 is 1.84 bits per heavy atom. The topological polar surface area (TPSA) is 122 Å². The molecule has 4 aromatic rings. The van der Waals surface area contributed by atoms with E-state index in [9.17, 15) is 27.9 Å². The van der Waals surface area contributed by atoms with Gasteiger partial charge in [0.1, 0.15) is 11.6 Å². The molecule has 1 unspecified atom stereocenters. The number of anilines is 1. The third-order valence-electron chi connectivity index (χ3n) is 7.24. The number of alkyl halides is 3. The number of nitrogens with zero attached hydrogens (tertiary/aromatic N) is 4. The zero-order valence-electron chi connectivity index (χ0n) is 24.1. The Morgan fingerprint density at radius 1 is 1.09 bits per heavy atom. The summed E-state index contributed by atoms with van der Waals surface area (Å²) in [6, 6.07) is 7.17. The average molecular weight is 609 g/mol. The number of halogens is 4. The second-order valence-electron chi connectivity index (χ2n) is 11.2. The second-order valence-corrected chi connectivity index (χ2v) is 11.2. The molecular formula is C31H28F4N6O3. The van der Waals surface area contributed by atoms with Gasteiger partial charge in [0, 0.05) is 10.9 Å². The van der Waals surface area contributed by atoms with Gasteiger partial charge in [-0.3, -0.25) is 9.59 Å². The van der Waals surface area contributed by atoms with Gasteiger partial charge < -0.3 is 15.7 Å². The number of allylic oxidation sites excluding steroid dienone is 1. The van der Waals surface area contributed by atoms with Crippen LogP contribution in [0.15, 0.2) is 77.3 Å². The molecule has 0 amide bonds. The van der Waals surface area contributed by atoms with E-state index in [0.29, 0.717) is 22.7 Å². The van der Waals surface area contributed by atoms with E-state index in [1.807, 2.05) is 20.8 Å². The number of nitrogens with one attached hydrogen (secondary N) is 2. The Labute approximate surface area is 249 Å². The average Bonchev–Trinajstić information content (AvgIpc) is 2.97. The third kappa shape index (κ3) is 5.70. The molecule has 3 heterocycles. The van der Waals surface area contributed by atoms with Crippen LogP contribution in [-0.4, -0.2) is 30.6 Å². The third-order valence-corrected chi connectivity index (χ3v) is 7.24. The summed E-state index contributed by atoms with van der Waals surface area (Å²) in [7, 11) is 0. The summed E-state index contributed by atoms with van der Waals surface area (Å²) in [4.78, 5) is 33.7. The minimum Gasteiger partial charge on any atom is -0.392 e. The number of rotatable bonds is 5. The number of carbonyl (C=O) groups is 1. The molecule has 2 aromatic heterocycles. The van der Waals surface area contributed by atoms with Gasteiger partial charge in [-0.25, -0.2) is 14.4 Å². The molecule has 0 saturated heterocycles. The van der Waals surface area contributed by atoms with E-state index in [2.05, 4.69) is 25.7 Å². The molecular weight excluding hydrogens is 580 g/mol. The van der Waals surface area contributed by atoms with E-state index in [1.54, 1.807) is 31.2 Å². The standard InChI is InChI=1S/C31H28F4N6O3/c1-5-21-28(43)23(40-26-14-36-25(13-37-26)31(33,34)35)11-22(39-21)18-7-6-8-24(19(18)15-42)41-29(44)27-16(12-38-41)9-17(10-20(27)32)30(2,3)4/h5-14,22,39,42H,15H2,1-4H3,(H,37,40)/b21-5-. The zero-order chi connectivity index (χ0) is 32.0. The van der Waals surface area contributed by atoms with Crippen molar-refractivity contribution in [3.8, 4) is 5.69 Å². The van der Waals surface area contributed by atoms with E-state index < -0.39 is 41.7 Å². The predicted octanol–water partition coefficient (Wildman–Crippen LogP) is 5.24. The number of fused-ring (bicyclic) bond motifs is 1. The molecule has 1 aliphatic rings. The van der Waals surface area contributed by atoms with Gasteiger partial charge in [-0.2, -0.15) is 23.0 Å². The molecule has 2 aromatic carbocycles. The van der Waals surface area contributed by atoms with Gasteiger partial charge in [0.15, 0.2) is 5.69 Å². The summed E-state index contributed by atoms with van der Waals surface area (Å²) < 4.78 is 55.0. The van der Waals surface area contributed by atoms with Crippen molar-refractivity contribution in [2.24, 2.45) is 0 Å². The Bertz CT molecular complexity index is 1890. The van der Waals surface area contributed by atoms with Crippen molar-refractivity contribution in [3.63, 3.8) is 0 Å². The van der Waals surface area contributed by atoms with Gasteiger partial charge in [0.05, 0.1) is 53.7 Å². The number of hydrogen-bond donors (Lipinski definition) is 3. The van der Waals surface area contributed by atoms with Gasteiger partial charge in [-0.05, 0) is 47.7 Å². The fourth-order valence-corrected chi connectivity index (χ4v) is 4.91. The van der Waals surface area contributed by atoms with Crippen LogP contribution in [-0.2, 0) is 23.0 Å². The summed E-state index contributed by atoms with van der Waals surface area (Å²) in [5.74, 6) is -1.26. The minimum atomic E-state index is -4.67. The van der Waals surface area contributed by atoms with Crippen LogP contribution in [0.25, 0.3) is 16.5 Å². The summed E-state index contributed by atoms with van der Waals surface area (Å²) in [5.41, 5.74) is -0.432. The number of hydrogen-bond acceptors (Lipinski definition) is 8. The second kappa shape index (κ2) is 11.3. The molecule has 0 aliphatic carbocycles. The SMILES string of the molecule is C/C=C1\NC(c2cccc(-n3ncc4cc(C(C)(C)C)cc(F)c4c3=O)c2CO)C=C(Nc2cnc(C(F)(F)F)cn2)C1=O. The Balaban J connectivity index is 1.58. The van der Waals surface area contributed by atoms with Gasteiger partial charge in [0.25, 0.3) is 5.56 Å². The number of Topliss-reactive ketones (excluding diaryl/α,β-unsaturated/α-hetero) is 1. The molecule has 0 spiro atoms. The van der Waals surface area contributed by atoms with Gasteiger partial charge in [-0.1, -0.05) is 39.0 Å². The molecule has 44 heavy (non-hydrogen) atoms. The maximum absolute atomic E-state index is 15.3. The predicted molar refractivity (Wildman–Crippen MR) is 155 cm³/mol. The van der Waals surface area contributed by atoms with Crippen molar-refractivity contribution in [1.29, 1.82) is 0 Å². The van der Waals surface area contributed by atoms with E-state index in [1.165, 1.54) is 24.4 Å². The highest BCUT2D eigenvalue weighted by Crippen LogP contribution is 2.32. The Morgan fingerprint density at radius 3 is 2.45 bits per heavy atom. The van der Waals surface area contributed by atoms with Crippen LogP contribution >= 0.6 is 0 Å². The maximum atomic E-state index is 15.3. The largest absolute Gasteiger partial charge is 0.434 e. The zero-order valence-corrected chi connectivity index (χ0v) is 24.1. The highest BCUT2D eigenvalue weighted by Gasteiger charge is 2.33. The number of carbonyl (C=O) groups excluding carboxylic acids is 1. The lowest BCUT2D eigenvalue weighted by molar-refractivity contribution is -0.141. The van der Waals surface area contributed by atoms with E-state index in [0.717, 1.165) is 10.9 Å². The molecule has 0 fully saturated rings. The highest BCUT2D eigenvalue weighted by molar-refractivity contribution is 6.10. The van der Waals surface area contributed by atoms with Gasteiger partial charge in [0.2, 0.25) is 5.78 Å². The van der Waals surface area contributed by atoms with Crippen molar-refractivity contribution < 1.29 is 27.5 Å². The van der Waals surface area contributed by atoms with Crippen LogP contribution in [0.5, 0.6) is 0 Å². The number of benzene rings is 2. The first kappa shape index (κ1) is 30.5. The van der Waals surface area contributed by atoms with Crippen LogP contribution < -0.4 is 16.2 Å². The van der Waals surface area contributed by atoms with E-state index in [4.69, 9.17) is 0 Å². The molecule has 3 N–H and O–H groups in total. The number of ketones is 1. The minimum absolute atomic E-state index is 0.00271. The summed E-state index contributed by atoms with van der Waals surface area (Å²) in [6.07, 6.45) is 1.15. The lowest BCUT2D eigenvalue weighted by Gasteiger charge is -2.28. The molecule has 1 atom stereocenters. The molecule has 13 heteroatoms. The van der Waals surface area contributed by atoms with Crippen molar-refractivity contribution in [2.75, 3.05) is 5.32 Å². The van der Waals surface area contributed by atoms with Crippen molar-refractivity contribution >= 4 is 22.4 Å². The quantitative estimate of drug-likeness (QED) is 0.208. The number of aromatic nitrogens is 4. The number of aliphatic hydroxyl groups excluding tert-OH is 1. The summed E-state index contributed by atoms with van der Waals surface area (Å²) in [6.45, 7) is 6.87. The molecule has 9 nitrogen and oxygen atoms in total.